The van der Waals surface area contributed by atoms with E-state index in [0.29, 0.717) is 12.6 Å². The van der Waals surface area contributed by atoms with E-state index in [4.69, 9.17) is 0 Å². The standard InChI is InChI=1S/C7H11NO5/c9-1-3-5(11)7(13)6(12)4(2-10)8-3/h1-8,11-13H/t3-,4-,5+,6+/m0/s1. The molecule has 0 radical (unpaired) electrons. The Morgan fingerprint density at radius 3 is 1.54 bits per heavy atom. The third-order valence-electron chi connectivity index (χ3n) is 2.11. The van der Waals surface area contributed by atoms with Gasteiger partial charge in [-0.25, -0.2) is 0 Å². The minimum Gasteiger partial charge on any atom is -0.388 e. The molecule has 0 amide bonds. The number of carbonyl (C=O) groups is 2. The molecular weight excluding hydrogens is 178 g/mol. The van der Waals surface area contributed by atoms with Gasteiger partial charge < -0.3 is 24.9 Å². The van der Waals surface area contributed by atoms with Crippen LogP contribution in [0.15, 0.2) is 0 Å². The van der Waals surface area contributed by atoms with Crippen LogP contribution in [-0.4, -0.2) is 58.3 Å². The highest BCUT2D eigenvalue weighted by Gasteiger charge is 2.41. The molecule has 74 valence electrons. The first kappa shape index (κ1) is 10.3. The summed E-state index contributed by atoms with van der Waals surface area (Å²) in [6.45, 7) is 0. The van der Waals surface area contributed by atoms with E-state index in [-0.39, 0.29) is 0 Å². The topological polar surface area (TPSA) is 107 Å². The maximum atomic E-state index is 10.4. The molecule has 4 atom stereocenters. The van der Waals surface area contributed by atoms with Crippen molar-refractivity contribution in [1.29, 1.82) is 0 Å². The zero-order valence-electron chi connectivity index (χ0n) is 6.70. The molecule has 13 heavy (non-hydrogen) atoms. The monoisotopic (exact) mass is 189 g/mol. The molecule has 0 aromatic heterocycles. The molecule has 6 nitrogen and oxygen atoms in total. The lowest BCUT2D eigenvalue weighted by atomic mass is 9.91. The third kappa shape index (κ3) is 1.75. The molecule has 0 spiro atoms. The lowest BCUT2D eigenvalue weighted by molar-refractivity contribution is -0.137. The molecular formula is C7H11NO5. The van der Waals surface area contributed by atoms with Gasteiger partial charge in [-0.15, -0.1) is 0 Å². The van der Waals surface area contributed by atoms with Crippen molar-refractivity contribution in [2.75, 3.05) is 0 Å². The average Bonchev–Trinajstić information content (AvgIpc) is 2.15. The van der Waals surface area contributed by atoms with Gasteiger partial charge in [0.2, 0.25) is 0 Å². The van der Waals surface area contributed by atoms with Gasteiger partial charge in [-0.05, 0) is 0 Å². The van der Waals surface area contributed by atoms with Crippen LogP contribution in [0.3, 0.4) is 0 Å². The van der Waals surface area contributed by atoms with Crippen LogP contribution in [-0.2, 0) is 9.59 Å². The van der Waals surface area contributed by atoms with E-state index in [1.807, 2.05) is 0 Å². The number of nitrogens with one attached hydrogen (secondary N) is 1. The van der Waals surface area contributed by atoms with E-state index in [0.717, 1.165) is 0 Å². The Balaban J connectivity index is 2.77. The molecule has 0 aliphatic carbocycles. The largest absolute Gasteiger partial charge is 0.388 e. The fourth-order valence-electron chi connectivity index (χ4n) is 1.29. The van der Waals surface area contributed by atoms with Crippen molar-refractivity contribution in [3.8, 4) is 0 Å². The van der Waals surface area contributed by atoms with Gasteiger partial charge in [-0.1, -0.05) is 0 Å². The van der Waals surface area contributed by atoms with Crippen LogP contribution in [0.25, 0.3) is 0 Å². The minimum atomic E-state index is -1.48. The van der Waals surface area contributed by atoms with Crippen LogP contribution in [0, 0.1) is 0 Å². The second kappa shape index (κ2) is 3.93. The van der Waals surface area contributed by atoms with Crippen molar-refractivity contribution in [3.63, 3.8) is 0 Å². The molecule has 4 N–H and O–H groups in total. The molecule has 1 rings (SSSR count). The minimum absolute atomic E-state index is 0.385. The predicted octanol–water partition coefficient (Wildman–Crippen LogP) is -3.19. The van der Waals surface area contributed by atoms with Gasteiger partial charge >= 0.3 is 0 Å². The van der Waals surface area contributed by atoms with E-state index in [2.05, 4.69) is 5.32 Å². The van der Waals surface area contributed by atoms with Crippen molar-refractivity contribution >= 4 is 12.6 Å². The van der Waals surface area contributed by atoms with E-state index >= 15 is 0 Å². The first-order valence-electron chi connectivity index (χ1n) is 3.82. The number of hydrogen-bond donors (Lipinski definition) is 4. The lowest BCUT2D eigenvalue weighted by Crippen LogP contribution is -2.65. The molecule has 1 saturated heterocycles. The number of aliphatic hydroxyl groups is 3. The van der Waals surface area contributed by atoms with Crippen molar-refractivity contribution in [2.45, 2.75) is 30.4 Å². The highest BCUT2D eigenvalue weighted by molar-refractivity contribution is 5.65. The van der Waals surface area contributed by atoms with Crippen molar-refractivity contribution < 1.29 is 24.9 Å². The molecule has 1 aliphatic heterocycles. The average molecular weight is 189 g/mol. The van der Waals surface area contributed by atoms with Crippen molar-refractivity contribution in [3.05, 3.63) is 0 Å². The SMILES string of the molecule is O=C[C@@H]1N[C@@H](C=O)[C@@H](O)C(O)[C@@H]1O. The second-order valence-electron chi connectivity index (χ2n) is 2.96. The summed E-state index contributed by atoms with van der Waals surface area (Å²) in [4.78, 5) is 20.7. The molecule has 6 heteroatoms. The smallest absolute Gasteiger partial charge is 0.139 e. The summed E-state index contributed by atoms with van der Waals surface area (Å²) in [7, 11) is 0. The molecule has 1 fully saturated rings. The number of rotatable bonds is 2. The van der Waals surface area contributed by atoms with Gasteiger partial charge in [0.25, 0.3) is 0 Å². The normalized spacial score (nSPS) is 45.6. The number of aliphatic hydroxyl groups excluding tert-OH is 3. The quantitative estimate of drug-likeness (QED) is 0.341. The molecule has 0 saturated carbocycles. The summed E-state index contributed by atoms with van der Waals surface area (Å²) in [6.07, 6.45) is -3.48. The predicted molar refractivity (Wildman–Crippen MR) is 40.9 cm³/mol. The van der Waals surface area contributed by atoms with Crippen LogP contribution >= 0.6 is 0 Å². The van der Waals surface area contributed by atoms with E-state index in [1.165, 1.54) is 0 Å². The summed E-state index contributed by atoms with van der Waals surface area (Å²) >= 11 is 0. The van der Waals surface area contributed by atoms with Gasteiger partial charge in [-0.2, -0.15) is 0 Å². The van der Waals surface area contributed by atoms with Crippen molar-refractivity contribution in [1.82, 2.24) is 5.32 Å². The third-order valence-corrected chi connectivity index (χ3v) is 2.11. The van der Waals surface area contributed by atoms with E-state index in [1.54, 1.807) is 0 Å². The van der Waals surface area contributed by atoms with Gasteiger partial charge in [-0.3, -0.25) is 5.32 Å². The van der Waals surface area contributed by atoms with Crippen LogP contribution in [0.5, 0.6) is 0 Å². The number of piperidine rings is 1. The highest BCUT2D eigenvalue weighted by Crippen LogP contribution is 2.13. The molecule has 0 bridgehead atoms. The molecule has 1 heterocycles. The summed E-state index contributed by atoms with van der Waals surface area (Å²) in [6, 6.07) is -2.04. The molecule has 1 aliphatic rings. The van der Waals surface area contributed by atoms with Crippen LogP contribution < -0.4 is 5.32 Å². The van der Waals surface area contributed by atoms with Gasteiger partial charge in [0.15, 0.2) is 0 Å². The molecule has 0 aromatic rings. The number of carbonyl (C=O) groups excluding carboxylic acids is 2. The Kier molecular flexibility index (Phi) is 3.10. The molecule has 0 unspecified atom stereocenters. The Hall–Kier alpha value is -0.820. The zero-order valence-corrected chi connectivity index (χ0v) is 6.70. The first-order chi connectivity index (χ1) is 6.11. The fourth-order valence-corrected chi connectivity index (χ4v) is 1.29. The second-order valence-corrected chi connectivity index (χ2v) is 2.96. The maximum absolute atomic E-state index is 10.4. The number of aldehydes is 2. The zero-order chi connectivity index (χ0) is 10.0. The Bertz CT molecular complexity index is 189. The number of hydrogen-bond acceptors (Lipinski definition) is 6. The van der Waals surface area contributed by atoms with Crippen molar-refractivity contribution in [2.24, 2.45) is 0 Å². The summed E-state index contributed by atoms with van der Waals surface area (Å²) in [5.74, 6) is 0. The maximum Gasteiger partial charge on any atom is 0.139 e. The van der Waals surface area contributed by atoms with Gasteiger partial charge in [0.05, 0.1) is 12.1 Å². The fraction of sp³-hybridized carbons (Fsp3) is 0.714. The lowest BCUT2D eigenvalue weighted by Gasteiger charge is -2.36. The van der Waals surface area contributed by atoms with E-state index < -0.39 is 30.4 Å². The summed E-state index contributed by atoms with van der Waals surface area (Å²) in [5.41, 5.74) is 0. The summed E-state index contributed by atoms with van der Waals surface area (Å²) < 4.78 is 0. The van der Waals surface area contributed by atoms with Crippen LogP contribution in [0.4, 0.5) is 0 Å². The highest BCUT2D eigenvalue weighted by atomic mass is 16.4. The van der Waals surface area contributed by atoms with Crippen LogP contribution in [0.1, 0.15) is 0 Å². The first-order valence-corrected chi connectivity index (χ1v) is 3.82. The summed E-state index contributed by atoms with van der Waals surface area (Å²) in [5, 5.41) is 30.0. The Labute approximate surface area is 74.2 Å². The molecule has 0 aromatic carbocycles. The Morgan fingerprint density at radius 2 is 1.23 bits per heavy atom. The van der Waals surface area contributed by atoms with E-state index in [9.17, 15) is 24.9 Å². The Morgan fingerprint density at radius 1 is 0.846 bits per heavy atom. The van der Waals surface area contributed by atoms with Gasteiger partial charge in [0, 0.05) is 0 Å². The van der Waals surface area contributed by atoms with Crippen LogP contribution in [0.2, 0.25) is 0 Å². The van der Waals surface area contributed by atoms with Gasteiger partial charge in [0.1, 0.15) is 30.9 Å².